The normalized spacial score (nSPS) is 20.1. The summed E-state index contributed by atoms with van der Waals surface area (Å²) in [5.41, 5.74) is 3.93. The molecule has 1 aromatic carbocycles. The van der Waals surface area contributed by atoms with E-state index in [2.05, 4.69) is 48.3 Å². The molecule has 1 aliphatic heterocycles. The molecule has 1 aliphatic rings. The van der Waals surface area contributed by atoms with Crippen LogP contribution < -0.4 is 10.2 Å². The Bertz CT molecular complexity index is 434. The van der Waals surface area contributed by atoms with Crippen molar-refractivity contribution in [2.24, 2.45) is 0 Å². The molecule has 0 saturated carbocycles. The van der Waals surface area contributed by atoms with E-state index in [1.165, 1.54) is 16.8 Å². The highest BCUT2D eigenvalue weighted by Crippen LogP contribution is 2.22. The Kier molecular flexibility index (Phi) is 3.65. The van der Waals surface area contributed by atoms with Gasteiger partial charge in [-0.15, -0.1) is 0 Å². The van der Waals surface area contributed by atoms with Gasteiger partial charge < -0.3 is 10.2 Å². The first-order chi connectivity index (χ1) is 8.20. The van der Waals surface area contributed by atoms with Crippen molar-refractivity contribution in [1.29, 1.82) is 5.26 Å². The summed E-state index contributed by atoms with van der Waals surface area (Å²) in [5.74, 6) is 0. The molecule has 3 nitrogen and oxygen atoms in total. The van der Waals surface area contributed by atoms with Crippen LogP contribution in [0.4, 0.5) is 5.69 Å². The summed E-state index contributed by atoms with van der Waals surface area (Å²) >= 11 is 0. The van der Waals surface area contributed by atoms with E-state index in [1.54, 1.807) is 0 Å². The van der Waals surface area contributed by atoms with Gasteiger partial charge in [-0.05, 0) is 25.5 Å². The lowest BCUT2D eigenvalue weighted by atomic mass is 10.1. The second kappa shape index (κ2) is 5.20. The van der Waals surface area contributed by atoms with E-state index in [1.807, 2.05) is 0 Å². The summed E-state index contributed by atoms with van der Waals surface area (Å²) in [6, 6.07) is 9.11. The molecule has 0 bridgehead atoms. The van der Waals surface area contributed by atoms with Crippen molar-refractivity contribution in [2.45, 2.75) is 26.3 Å². The summed E-state index contributed by atoms with van der Waals surface area (Å²) in [6.45, 7) is 7.18. The SMILES string of the molecule is Cc1ccc(N2CCNC(CC#N)C2)c(C)c1. The highest BCUT2D eigenvalue weighted by molar-refractivity contribution is 5.54. The topological polar surface area (TPSA) is 39.1 Å². The molecular weight excluding hydrogens is 210 g/mol. The van der Waals surface area contributed by atoms with E-state index < -0.39 is 0 Å². The van der Waals surface area contributed by atoms with Gasteiger partial charge in [-0.1, -0.05) is 17.7 Å². The number of rotatable bonds is 2. The molecular formula is C14H19N3. The molecule has 1 aromatic rings. The van der Waals surface area contributed by atoms with Gasteiger partial charge in [0.2, 0.25) is 0 Å². The van der Waals surface area contributed by atoms with Crippen LogP contribution in [0.1, 0.15) is 17.5 Å². The molecule has 0 radical (unpaired) electrons. The third-order valence-electron chi connectivity index (χ3n) is 3.29. The Morgan fingerprint density at radius 2 is 2.29 bits per heavy atom. The van der Waals surface area contributed by atoms with E-state index in [9.17, 15) is 0 Å². The van der Waals surface area contributed by atoms with Crippen molar-refractivity contribution in [3.63, 3.8) is 0 Å². The van der Waals surface area contributed by atoms with Gasteiger partial charge in [0, 0.05) is 31.4 Å². The number of nitrogens with one attached hydrogen (secondary N) is 1. The maximum absolute atomic E-state index is 8.76. The van der Waals surface area contributed by atoms with Crippen molar-refractivity contribution in [3.8, 4) is 6.07 Å². The number of piperazine rings is 1. The molecule has 1 fully saturated rings. The molecule has 3 heteroatoms. The molecule has 0 amide bonds. The number of hydrogen-bond acceptors (Lipinski definition) is 3. The standard InChI is InChI=1S/C14H19N3/c1-11-3-4-14(12(2)9-11)17-8-7-16-13(10-17)5-6-15/h3-4,9,13,16H,5,7-8,10H2,1-2H3. The lowest BCUT2D eigenvalue weighted by Gasteiger charge is -2.35. The molecule has 1 N–H and O–H groups in total. The molecule has 1 heterocycles. The minimum atomic E-state index is 0.300. The fourth-order valence-electron chi connectivity index (χ4n) is 2.45. The van der Waals surface area contributed by atoms with Crippen molar-refractivity contribution in [3.05, 3.63) is 29.3 Å². The zero-order valence-corrected chi connectivity index (χ0v) is 10.5. The minimum Gasteiger partial charge on any atom is -0.368 e. The number of anilines is 1. The average molecular weight is 229 g/mol. The average Bonchev–Trinajstić information content (AvgIpc) is 2.29. The summed E-state index contributed by atoms with van der Waals surface area (Å²) in [4.78, 5) is 2.38. The maximum atomic E-state index is 8.76. The quantitative estimate of drug-likeness (QED) is 0.843. The summed E-state index contributed by atoms with van der Waals surface area (Å²) < 4.78 is 0. The van der Waals surface area contributed by atoms with Crippen LogP contribution >= 0.6 is 0 Å². The smallest absolute Gasteiger partial charge is 0.0638 e. The first kappa shape index (κ1) is 11.9. The molecule has 2 rings (SSSR count). The number of nitriles is 1. The molecule has 90 valence electrons. The second-order valence-electron chi connectivity index (χ2n) is 4.75. The van der Waals surface area contributed by atoms with Crippen molar-refractivity contribution in [1.82, 2.24) is 5.32 Å². The first-order valence-electron chi connectivity index (χ1n) is 6.13. The minimum absolute atomic E-state index is 0.300. The number of benzene rings is 1. The third kappa shape index (κ3) is 2.78. The second-order valence-corrected chi connectivity index (χ2v) is 4.75. The molecule has 1 saturated heterocycles. The van der Waals surface area contributed by atoms with Gasteiger partial charge in [0.15, 0.2) is 0 Å². The largest absolute Gasteiger partial charge is 0.368 e. The predicted octanol–water partition coefficient (Wildman–Crippen LogP) is 2.00. The summed E-state index contributed by atoms with van der Waals surface area (Å²) in [6.07, 6.45) is 0.585. The fraction of sp³-hybridized carbons (Fsp3) is 0.500. The summed E-state index contributed by atoms with van der Waals surface area (Å²) in [7, 11) is 0. The number of hydrogen-bond donors (Lipinski definition) is 1. The van der Waals surface area contributed by atoms with E-state index >= 15 is 0 Å². The Morgan fingerprint density at radius 1 is 1.47 bits per heavy atom. The zero-order valence-electron chi connectivity index (χ0n) is 10.5. The maximum Gasteiger partial charge on any atom is 0.0638 e. The van der Waals surface area contributed by atoms with Crippen molar-refractivity contribution < 1.29 is 0 Å². The van der Waals surface area contributed by atoms with E-state index in [0.717, 1.165) is 19.6 Å². The highest BCUT2D eigenvalue weighted by atomic mass is 15.2. The van der Waals surface area contributed by atoms with Crippen molar-refractivity contribution in [2.75, 3.05) is 24.5 Å². The third-order valence-corrected chi connectivity index (χ3v) is 3.29. The lowest BCUT2D eigenvalue weighted by Crippen LogP contribution is -2.50. The van der Waals surface area contributed by atoms with Crippen LogP contribution in [0.25, 0.3) is 0 Å². The van der Waals surface area contributed by atoms with Crippen LogP contribution in [0, 0.1) is 25.2 Å². The Labute approximate surface area is 103 Å². The van der Waals surface area contributed by atoms with Gasteiger partial charge >= 0.3 is 0 Å². The van der Waals surface area contributed by atoms with Gasteiger partial charge in [0.05, 0.1) is 12.5 Å². The van der Waals surface area contributed by atoms with Crippen LogP contribution in [-0.2, 0) is 0 Å². The zero-order chi connectivity index (χ0) is 12.3. The fourth-order valence-corrected chi connectivity index (χ4v) is 2.45. The number of aryl methyl sites for hydroxylation is 2. The molecule has 0 aromatic heterocycles. The van der Waals surface area contributed by atoms with E-state index in [0.29, 0.717) is 12.5 Å². The van der Waals surface area contributed by atoms with Crippen molar-refractivity contribution >= 4 is 5.69 Å². The summed E-state index contributed by atoms with van der Waals surface area (Å²) in [5, 5.41) is 12.1. The number of nitrogens with zero attached hydrogens (tertiary/aromatic N) is 2. The van der Waals surface area contributed by atoms with Crippen LogP contribution in [-0.4, -0.2) is 25.7 Å². The molecule has 1 atom stereocenters. The van der Waals surface area contributed by atoms with E-state index in [4.69, 9.17) is 5.26 Å². The highest BCUT2D eigenvalue weighted by Gasteiger charge is 2.20. The van der Waals surface area contributed by atoms with Gasteiger partial charge in [-0.2, -0.15) is 5.26 Å². The van der Waals surface area contributed by atoms with Gasteiger partial charge in [0.25, 0.3) is 0 Å². The Morgan fingerprint density at radius 3 is 3.00 bits per heavy atom. The molecule has 17 heavy (non-hydrogen) atoms. The van der Waals surface area contributed by atoms with Crippen LogP contribution in [0.15, 0.2) is 18.2 Å². The monoisotopic (exact) mass is 229 g/mol. The van der Waals surface area contributed by atoms with Gasteiger partial charge in [-0.25, -0.2) is 0 Å². The Hall–Kier alpha value is -1.53. The van der Waals surface area contributed by atoms with Crippen LogP contribution in [0.5, 0.6) is 0 Å². The van der Waals surface area contributed by atoms with Gasteiger partial charge in [-0.3, -0.25) is 0 Å². The van der Waals surface area contributed by atoms with E-state index in [-0.39, 0.29) is 0 Å². The molecule has 1 unspecified atom stereocenters. The Balaban J connectivity index is 2.14. The first-order valence-corrected chi connectivity index (χ1v) is 6.13. The van der Waals surface area contributed by atoms with Crippen LogP contribution in [0.2, 0.25) is 0 Å². The molecule has 0 spiro atoms. The van der Waals surface area contributed by atoms with Gasteiger partial charge in [0.1, 0.15) is 0 Å². The molecule has 0 aliphatic carbocycles. The predicted molar refractivity (Wildman–Crippen MR) is 70.1 cm³/mol. The van der Waals surface area contributed by atoms with Crippen LogP contribution in [0.3, 0.4) is 0 Å². The lowest BCUT2D eigenvalue weighted by molar-refractivity contribution is 0.462.